The Balaban J connectivity index is 2.11. The number of carbonyl (C=O) groups excluding carboxylic acids is 1. The van der Waals surface area contributed by atoms with Crippen LogP contribution in [0.25, 0.3) is 0 Å². The van der Waals surface area contributed by atoms with Crippen molar-refractivity contribution < 1.29 is 19.1 Å². The highest BCUT2D eigenvalue weighted by Gasteiger charge is 2.61. The van der Waals surface area contributed by atoms with Crippen LogP contribution in [0.3, 0.4) is 0 Å². The second-order valence-electron chi connectivity index (χ2n) is 5.58. The maximum atomic E-state index is 12.1. The van der Waals surface area contributed by atoms with Crippen molar-refractivity contribution >= 4 is 5.91 Å². The molecule has 1 aromatic rings. The van der Waals surface area contributed by atoms with Gasteiger partial charge in [0.2, 0.25) is 0 Å². The molecule has 0 aliphatic heterocycles. The molecule has 1 heterocycles. The van der Waals surface area contributed by atoms with E-state index in [-0.39, 0.29) is 24.0 Å². The quantitative estimate of drug-likeness (QED) is 0.849. The molecule has 0 saturated heterocycles. The van der Waals surface area contributed by atoms with Crippen molar-refractivity contribution in [2.75, 3.05) is 13.2 Å². The summed E-state index contributed by atoms with van der Waals surface area (Å²) in [5.41, 5.74) is -0.485. The van der Waals surface area contributed by atoms with Gasteiger partial charge in [-0.25, -0.2) is 0 Å². The van der Waals surface area contributed by atoms with Crippen molar-refractivity contribution in [3.05, 3.63) is 24.2 Å². The van der Waals surface area contributed by atoms with Gasteiger partial charge in [-0.1, -0.05) is 13.8 Å². The normalized spacial score (nSPS) is 28.7. The first-order valence-electron chi connectivity index (χ1n) is 6.54. The first kappa shape index (κ1) is 14.1. The van der Waals surface area contributed by atoms with Crippen LogP contribution in [-0.4, -0.2) is 35.9 Å². The third-order valence-electron chi connectivity index (χ3n) is 4.35. The van der Waals surface area contributed by atoms with E-state index in [1.165, 1.54) is 12.5 Å². The topological polar surface area (TPSA) is 71.7 Å². The molecule has 1 saturated carbocycles. The number of hydrogen-bond acceptors (Lipinski definition) is 4. The summed E-state index contributed by atoms with van der Waals surface area (Å²) < 4.78 is 10.5. The maximum absolute atomic E-state index is 12.1. The number of aliphatic hydroxyl groups excluding tert-OH is 1. The highest BCUT2D eigenvalue weighted by molar-refractivity contribution is 5.94. The van der Waals surface area contributed by atoms with Gasteiger partial charge in [-0.15, -0.1) is 0 Å². The van der Waals surface area contributed by atoms with E-state index in [0.717, 1.165) is 0 Å². The molecule has 5 heteroatoms. The molecule has 1 aliphatic carbocycles. The Morgan fingerprint density at radius 1 is 1.63 bits per heavy atom. The largest absolute Gasteiger partial charge is 0.472 e. The molecule has 106 valence electrons. The van der Waals surface area contributed by atoms with Crippen LogP contribution in [0.5, 0.6) is 0 Å². The summed E-state index contributed by atoms with van der Waals surface area (Å²) in [6, 6.07) is 1.60. The van der Waals surface area contributed by atoms with E-state index in [4.69, 9.17) is 9.15 Å². The Bertz CT molecular complexity index is 440. The molecule has 0 bridgehead atoms. The number of carbonyl (C=O) groups is 1. The fourth-order valence-corrected chi connectivity index (χ4v) is 2.68. The third kappa shape index (κ3) is 2.17. The highest BCUT2D eigenvalue weighted by atomic mass is 16.5. The molecule has 5 nitrogen and oxygen atoms in total. The van der Waals surface area contributed by atoms with Crippen molar-refractivity contribution in [2.24, 2.45) is 5.41 Å². The lowest BCUT2D eigenvalue weighted by Gasteiger charge is -2.60. The van der Waals surface area contributed by atoms with Gasteiger partial charge in [0.25, 0.3) is 5.91 Å². The minimum atomic E-state index is -0.638. The molecule has 1 fully saturated rings. The SMILES string of the molecule is CCOC1CC(CO)(NC(=O)c2ccoc2)C1(C)C. The Kier molecular flexibility index (Phi) is 3.69. The molecule has 19 heavy (non-hydrogen) atoms. The molecular formula is C14H21NO4. The zero-order chi connectivity index (χ0) is 14.1. The number of amides is 1. The van der Waals surface area contributed by atoms with Crippen molar-refractivity contribution in [2.45, 2.75) is 38.8 Å². The van der Waals surface area contributed by atoms with Gasteiger partial charge in [-0.3, -0.25) is 4.79 Å². The second kappa shape index (κ2) is 4.98. The van der Waals surface area contributed by atoms with Gasteiger partial charge in [0.15, 0.2) is 0 Å². The number of nitrogens with one attached hydrogen (secondary N) is 1. The fraction of sp³-hybridized carbons (Fsp3) is 0.643. The van der Waals surface area contributed by atoms with Gasteiger partial charge in [0.1, 0.15) is 6.26 Å². The minimum Gasteiger partial charge on any atom is -0.472 e. The van der Waals surface area contributed by atoms with E-state index < -0.39 is 5.54 Å². The molecule has 1 aliphatic rings. The summed E-state index contributed by atoms with van der Waals surface area (Å²) in [6.07, 6.45) is 3.52. The third-order valence-corrected chi connectivity index (χ3v) is 4.35. The van der Waals surface area contributed by atoms with Crippen molar-refractivity contribution in [3.63, 3.8) is 0 Å². The van der Waals surface area contributed by atoms with E-state index in [9.17, 15) is 9.90 Å². The Hall–Kier alpha value is -1.33. The van der Waals surface area contributed by atoms with Gasteiger partial charge >= 0.3 is 0 Å². The molecule has 0 aromatic carbocycles. The molecule has 2 atom stereocenters. The van der Waals surface area contributed by atoms with Crippen LogP contribution in [0.2, 0.25) is 0 Å². The van der Waals surface area contributed by atoms with Crippen molar-refractivity contribution in [1.29, 1.82) is 0 Å². The number of furan rings is 1. The van der Waals surface area contributed by atoms with Crippen LogP contribution >= 0.6 is 0 Å². The molecule has 0 radical (unpaired) electrons. The van der Waals surface area contributed by atoms with E-state index in [1.807, 2.05) is 20.8 Å². The van der Waals surface area contributed by atoms with Crippen LogP contribution in [0, 0.1) is 5.41 Å². The fourth-order valence-electron chi connectivity index (χ4n) is 2.68. The van der Waals surface area contributed by atoms with E-state index in [1.54, 1.807) is 6.07 Å². The van der Waals surface area contributed by atoms with E-state index in [2.05, 4.69) is 5.32 Å². The minimum absolute atomic E-state index is 0.0503. The molecule has 0 spiro atoms. The van der Waals surface area contributed by atoms with Crippen LogP contribution < -0.4 is 5.32 Å². The standard InChI is InChI=1S/C14H21NO4/c1-4-19-11-7-14(9-16,13(11,2)3)15-12(17)10-5-6-18-8-10/h5-6,8,11,16H,4,7,9H2,1-3H3,(H,15,17). The summed E-state index contributed by atoms with van der Waals surface area (Å²) in [5.74, 6) is -0.231. The van der Waals surface area contributed by atoms with Crippen molar-refractivity contribution in [3.8, 4) is 0 Å². The first-order valence-corrected chi connectivity index (χ1v) is 6.54. The Morgan fingerprint density at radius 3 is 2.84 bits per heavy atom. The molecule has 1 amide bonds. The number of aliphatic hydroxyl groups is 1. The van der Waals surface area contributed by atoms with E-state index >= 15 is 0 Å². The molecule has 2 N–H and O–H groups in total. The molecular weight excluding hydrogens is 246 g/mol. The first-order chi connectivity index (χ1) is 8.97. The smallest absolute Gasteiger partial charge is 0.255 e. The van der Waals surface area contributed by atoms with Gasteiger partial charge in [-0.05, 0) is 13.0 Å². The van der Waals surface area contributed by atoms with Gasteiger partial charge < -0.3 is 19.6 Å². The summed E-state index contributed by atoms with van der Waals surface area (Å²) in [6.45, 7) is 6.48. The van der Waals surface area contributed by atoms with Gasteiger partial charge in [0, 0.05) is 18.4 Å². The van der Waals surface area contributed by atoms with E-state index in [0.29, 0.717) is 18.6 Å². The Morgan fingerprint density at radius 2 is 2.37 bits per heavy atom. The average molecular weight is 267 g/mol. The lowest BCUT2D eigenvalue weighted by atomic mass is 9.54. The summed E-state index contributed by atoms with van der Waals surface area (Å²) in [4.78, 5) is 12.1. The van der Waals surface area contributed by atoms with Gasteiger partial charge in [-0.2, -0.15) is 0 Å². The zero-order valence-electron chi connectivity index (χ0n) is 11.6. The predicted molar refractivity (Wildman–Crippen MR) is 69.8 cm³/mol. The maximum Gasteiger partial charge on any atom is 0.255 e. The second-order valence-corrected chi connectivity index (χ2v) is 5.58. The molecule has 2 unspecified atom stereocenters. The van der Waals surface area contributed by atoms with Crippen LogP contribution in [0.15, 0.2) is 23.0 Å². The van der Waals surface area contributed by atoms with Crippen LogP contribution in [0.4, 0.5) is 0 Å². The summed E-state index contributed by atoms with van der Waals surface area (Å²) >= 11 is 0. The number of ether oxygens (including phenoxy) is 1. The summed E-state index contributed by atoms with van der Waals surface area (Å²) in [7, 11) is 0. The monoisotopic (exact) mass is 267 g/mol. The molecule has 1 aromatic heterocycles. The molecule has 2 rings (SSSR count). The number of hydrogen-bond donors (Lipinski definition) is 2. The zero-order valence-corrected chi connectivity index (χ0v) is 11.6. The summed E-state index contributed by atoms with van der Waals surface area (Å²) in [5, 5.41) is 12.6. The Labute approximate surface area is 112 Å². The van der Waals surface area contributed by atoms with Crippen molar-refractivity contribution in [1.82, 2.24) is 5.32 Å². The van der Waals surface area contributed by atoms with Gasteiger partial charge in [0.05, 0.1) is 30.1 Å². The predicted octanol–water partition coefficient (Wildman–Crippen LogP) is 1.58. The lowest BCUT2D eigenvalue weighted by molar-refractivity contribution is -0.172. The highest BCUT2D eigenvalue weighted by Crippen LogP contribution is 2.51. The average Bonchev–Trinajstić information content (AvgIpc) is 2.90. The van der Waals surface area contributed by atoms with Crippen LogP contribution in [0.1, 0.15) is 37.6 Å². The van der Waals surface area contributed by atoms with Crippen LogP contribution in [-0.2, 0) is 4.74 Å². The number of rotatable bonds is 5. The lowest BCUT2D eigenvalue weighted by Crippen LogP contribution is -2.74.